The lowest BCUT2D eigenvalue weighted by atomic mass is 10.2. The number of hydrogen-bond donors (Lipinski definition) is 1. The van der Waals surface area contributed by atoms with Crippen molar-refractivity contribution in [1.29, 1.82) is 0 Å². The molecule has 1 saturated carbocycles. The number of amides is 1. The average molecular weight is 295 g/mol. The van der Waals surface area contributed by atoms with Crippen LogP contribution in [0.5, 0.6) is 0 Å². The third kappa shape index (κ3) is 2.58. The summed E-state index contributed by atoms with van der Waals surface area (Å²) in [7, 11) is 0. The highest BCUT2D eigenvalue weighted by molar-refractivity contribution is 6.31. The van der Waals surface area contributed by atoms with Crippen LogP contribution < -0.4 is 11.1 Å². The van der Waals surface area contributed by atoms with Gasteiger partial charge in [-0.3, -0.25) is 9.36 Å². The fourth-order valence-corrected chi connectivity index (χ4v) is 2.51. The first-order valence-corrected chi connectivity index (χ1v) is 7.00. The van der Waals surface area contributed by atoms with E-state index in [2.05, 4.69) is 5.32 Å². The van der Waals surface area contributed by atoms with Gasteiger partial charge in [-0.25, -0.2) is 4.79 Å². The third-order valence-electron chi connectivity index (χ3n) is 3.65. The van der Waals surface area contributed by atoms with Crippen molar-refractivity contribution in [2.24, 2.45) is 5.92 Å². The number of rotatable bonds is 4. The van der Waals surface area contributed by atoms with E-state index in [0.29, 0.717) is 22.0 Å². The monoisotopic (exact) mass is 294 g/mol. The highest BCUT2D eigenvalue weighted by Crippen LogP contribution is 2.32. The molecule has 1 aromatic carbocycles. The Morgan fingerprint density at radius 1 is 1.55 bits per heavy atom. The minimum Gasteiger partial charge on any atom is -0.408 e. The molecule has 1 aliphatic carbocycles. The van der Waals surface area contributed by atoms with Gasteiger partial charge in [-0.1, -0.05) is 11.6 Å². The second kappa shape index (κ2) is 4.98. The number of nitrogens with one attached hydrogen (secondary N) is 1. The van der Waals surface area contributed by atoms with Crippen molar-refractivity contribution in [3.63, 3.8) is 0 Å². The van der Waals surface area contributed by atoms with Crippen molar-refractivity contribution >= 4 is 28.6 Å². The Balaban J connectivity index is 1.81. The highest BCUT2D eigenvalue weighted by Gasteiger charge is 2.29. The predicted molar refractivity (Wildman–Crippen MR) is 75.8 cm³/mol. The zero-order chi connectivity index (χ0) is 14.3. The summed E-state index contributed by atoms with van der Waals surface area (Å²) in [4.78, 5) is 23.8. The van der Waals surface area contributed by atoms with Crippen LogP contribution in [0.1, 0.15) is 19.8 Å². The number of nitrogens with zero attached hydrogens (tertiary/aromatic N) is 1. The molecule has 2 aromatic rings. The van der Waals surface area contributed by atoms with Gasteiger partial charge in [0.25, 0.3) is 0 Å². The lowest BCUT2D eigenvalue weighted by Crippen LogP contribution is -2.37. The summed E-state index contributed by atoms with van der Waals surface area (Å²) in [5, 5.41) is 3.41. The number of benzene rings is 1. The van der Waals surface area contributed by atoms with Gasteiger partial charge in [0.05, 0.1) is 5.52 Å². The summed E-state index contributed by atoms with van der Waals surface area (Å²) in [6, 6.07) is 5.07. The number of halogens is 1. The summed E-state index contributed by atoms with van der Waals surface area (Å²) < 4.78 is 6.41. The van der Waals surface area contributed by atoms with E-state index >= 15 is 0 Å². The molecule has 1 fully saturated rings. The van der Waals surface area contributed by atoms with Crippen LogP contribution in [0.25, 0.3) is 11.1 Å². The smallest absolute Gasteiger partial charge is 0.408 e. The number of fused-ring (bicyclic) bond motifs is 1. The van der Waals surface area contributed by atoms with Crippen molar-refractivity contribution in [2.75, 3.05) is 0 Å². The SMILES string of the molecule is CC(NC(=O)Cn1c(=O)oc2cc(Cl)ccc21)C1CC1. The van der Waals surface area contributed by atoms with E-state index in [1.165, 1.54) is 4.57 Å². The maximum absolute atomic E-state index is 12.0. The van der Waals surface area contributed by atoms with Gasteiger partial charge in [-0.05, 0) is 37.8 Å². The predicted octanol–water partition coefficient (Wildman–Crippen LogP) is 2.16. The molecule has 0 aliphatic heterocycles. The Bertz CT molecular complexity index is 715. The summed E-state index contributed by atoms with van der Waals surface area (Å²) in [5.41, 5.74) is 0.971. The quantitative estimate of drug-likeness (QED) is 0.940. The lowest BCUT2D eigenvalue weighted by molar-refractivity contribution is -0.122. The molecule has 20 heavy (non-hydrogen) atoms. The van der Waals surface area contributed by atoms with Crippen LogP contribution in [-0.4, -0.2) is 16.5 Å². The highest BCUT2D eigenvalue weighted by atomic mass is 35.5. The second-order valence-corrected chi connectivity index (χ2v) is 5.70. The van der Waals surface area contributed by atoms with Gasteiger partial charge >= 0.3 is 5.76 Å². The first-order valence-electron chi connectivity index (χ1n) is 6.63. The summed E-state index contributed by atoms with van der Waals surface area (Å²) in [6.07, 6.45) is 2.32. The van der Waals surface area contributed by atoms with Crippen LogP contribution in [0.15, 0.2) is 27.4 Å². The molecule has 1 N–H and O–H groups in total. The lowest BCUT2D eigenvalue weighted by Gasteiger charge is -2.12. The summed E-state index contributed by atoms with van der Waals surface area (Å²) in [6.45, 7) is 1.95. The van der Waals surface area contributed by atoms with E-state index in [4.69, 9.17) is 16.0 Å². The fourth-order valence-electron chi connectivity index (χ4n) is 2.35. The molecule has 1 aliphatic rings. The van der Waals surface area contributed by atoms with Gasteiger partial charge in [0, 0.05) is 17.1 Å². The van der Waals surface area contributed by atoms with Crippen LogP contribution in [0.2, 0.25) is 5.02 Å². The van der Waals surface area contributed by atoms with Crippen molar-refractivity contribution in [2.45, 2.75) is 32.4 Å². The zero-order valence-corrected chi connectivity index (χ0v) is 11.8. The third-order valence-corrected chi connectivity index (χ3v) is 3.88. The van der Waals surface area contributed by atoms with Gasteiger partial charge < -0.3 is 9.73 Å². The molecule has 5 nitrogen and oxygen atoms in total. The van der Waals surface area contributed by atoms with Gasteiger partial charge in [0.1, 0.15) is 6.54 Å². The molecule has 106 valence electrons. The van der Waals surface area contributed by atoms with Gasteiger partial charge in [0.2, 0.25) is 5.91 Å². The first kappa shape index (κ1) is 13.2. The Labute approximate surface area is 120 Å². The maximum Gasteiger partial charge on any atom is 0.420 e. The van der Waals surface area contributed by atoms with Crippen LogP contribution in [0.4, 0.5) is 0 Å². The number of hydrogen-bond acceptors (Lipinski definition) is 3. The standard InChI is InChI=1S/C14H15ClN2O3/c1-8(9-2-3-9)16-13(18)7-17-11-5-4-10(15)6-12(11)20-14(17)19/h4-6,8-9H,2-3,7H2,1H3,(H,16,18). The Morgan fingerprint density at radius 3 is 3.00 bits per heavy atom. The molecule has 1 aromatic heterocycles. The van der Waals surface area contributed by atoms with Crippen LogP contribution in [-0.2, 0) is 11.3 Å². The molecule has 3 rings (SSSR count). The number of carbonyl (C=O) groups excluding carboxylic acids is 1. The first-order chi connectivity index (χ1) is 9.54. The van der Waals surface area contributed by atoms with Gasteiger partial charge in [-0.2, -0.15) is 0 Å². The van der Waals surface area contributed by atoms with E-state index in [9.17, 15) is 9.59 Å². The normalized spacial score (nSPS) is 16.3. The van der Waals surface area contributed by atoms with Crippen molar-refractivity contribution in [3.8, 4) is 0 Å². The van der Waals surface area contributed by atoms with Crippen LogP contribution >= 0.6 is 11.6 Å². The molecule has 0 radical (unpaired) electrons. The van der Waals surface area contributed by atoms with E-state index in [-0.39, 0.29) is 18.5 Å². The van der Waals surface area contributed by atoms with E-state index in [0.717, 1.165) is 12.8 Å². The van der Waals surface area contributed by atoms with E-state index < -0.39 is 5.76 Å². The molecule has 1 atom stereocenters. The fraction of sp³-hybridized carbons (Fsp3) is 0.429. The van der Waals surface area contributed by atoms with Gasteiger partial charge in [-0.15, -0.1) is 0 Å². The molecule has 0 spiro atoms. The summed E-state index contributed by atoms with van der Waals surface area (Å²) >= 11 is 5.85. The Morgan fingerprint density at radius 2 is 2.30 bits per heavy atom. The molecular formula is C14H15ClN2O3. The molecular weight excluding hydrogens is 280 g/mol. The maximum atomic E-state index is 12.0. The van der Waals surface area contributed by atoms with E-state index in [1.807, 2.05) is 6.92 Å². The largest absolute Gasteiger partial charge is 0.420 e. The van der Waals surface area contributed by atoms with Crippen molar-refractivity contribution < 1.29 is 9.21 Å². The zero-order valence-electron chi connectivity index (χ0n) is 11.1. The number of carbonyl (C=O) groups is 1. The van der Waals surface area contributed by atoms with Crippen molar-refractivity contribution in [1.82, 2.24) is 9.88 Å². The minimum atomic E-state index is -0.545. The molecule has 1 unspecified atom stereocenters. The topological polar surface area (TPSA) is 64.2 Å². The summed E-state index contributed by atoms with van der Waals surface area (Å²) in [5.74, 6) is -0.142. The van der Waals surface area contributed by atoms with E-state index in [1.54, 1.807) is 18.2 Å². The van der Waals surface area contributed by atoms with Crippen LogP contribution in [0.3, 0.4) is 0 Å². The molecule has 6 heteroatoms. The molecule has 0 bridgehead atoms. The molecule has 1 amide bonds. The number of oxazole rings is 1. The Hall–Kier alpha value is -1.75. The van der Waals surface area contributed by atoms with Crippen LogP contribution in [0, 0.1) is 5.92 Å². The minimum absolute atomic E-state index is 0.0372. The van der Waals surface area contributed by atoms with Gasteiger partial charge in [0.15, 0.2) is 5.58 Å². The molecule has 1 heterocycles. The average Bonchev–Trinajstić information content (AvgIpc) is 3.17. The Kier molecular flexibility index (Phi) is 3.30. The molecule has 0 saturated heterocycles. The number of aromatic nitrogens is 1. The van der Waals surface area contributed by atoms with Crippen molar-refractivity contribution in [3.05, 3.63) is 33.8 Å². The second-order valence-electron chi connectivity index (χ2n) is 5.26.